The highest BCUT2D eigenvalue weighted by atomic mass is 35.5. The molecule has 1 fully saturated rings. The Balaban J connectivity index is 1.79. The minimum atomic E-state index is -0.802. The van der Waals surface area contributed by atoms with Gasteiger partial charge >= 0.3 is 5.97 Å². The van der Waals surface area contributed by atoms with Crippen LogP contribution in [0.1, 0.15) is 57.1 Å². The minimum absolute atomic E-state index is 0.0669. The van der Waals surface area contributed by atoms with E-state index in [1.807, 2.05) is 36.4 Å². The molecule has 0 radical (unpaired) electrons. The quantitative estimate of drug-likeness (QED) is 0.479. The van der Waals surface area contributed by atoms with E-state index >= 15 is 0 Å². The number of ether oxygens (including phenoxy) is 2. The lowest BCUT2D eigenvalue weighted by Gasteiger charge is -2.37. The Bertz CT molecular complexity index is 1200. The zero-order chi connectivity index (χ0) is 25.1. The number of benzene rings is 2. The molecule has 2 aromatic carbocycles. The van der Waals surface area contributed by atoms with E-state index in [0.717, 1.165) is 19.3 Å². The summed E-state index contributed by atoms with van der Waals surface area (Å²) in [6.07, 6.45) is 2.71. The third-order valence-electron chi connectivity index (χ3n) is 7.11. The second-order valence-corrected chi connectivity index (χ2v) is 10.2. The molecule has 0 amide bonds. The average molecular weight is 491 g/mol. The molecule has 2 N–H and O–H groups in total. The van der Waals surface area contributed by atoms with E-state index in [4.69, 9.17) is 26.8 Å². The second-order valence-electron chi connectivity index (χ2n) is 9.82. The van der Waals surface area contributed by atoms with Crippen LogP contribution in [0.5, 0.6) is 0 Å². The molecule has 6 heteroatoms. The molecule has 1 aliphatic carbocycles. The predicted molar refractivity (Wildman–Crippen MR) is 137 cm³/mol. The summed E-state index contributed by atoms with van der Waals surface area (Å²) in [4.78, 5) is 13.7. The number of hydrogen-bond acceptors (Lipinski definition) is 5. The van der Waals surface area contributed by atoms with Gasteiger partial charge in [-0.3, -0.25) is 0 Å². The molecule has 0 aromatic heterocycles. The molecule has 0 saturated heterocycles. The number of nitrogens with zero attached hydrogens (tertiary/aromatic N) is 1. The van der Waals surface area contributed by atoms with Crippen LogP contribution in [0, 0.1) is 29.1 Å². The van der Waals surface area contributed by atoms with Gasteiger partial charge in [-0.05, 0) is 42.2 Å². The zero-order valence-electron chi connectivity index (χ0n) is 20.3. The normalized spacial score (nSPS) is 24.7. The van der Waals surface area contributed by atoms with Crippen LogP contribution in [0.3, 0.4) is 0 Å². The minimum Gasteiger partial charge on any atom is -0.459 e. The standard InChI is InChI=1S/C29H31ClN2O3/c1-17(2)20-14-13-18(3)15-24(20)34-29(33)26-25(21-11-7-8-12-23(21)30)22(16-31)27(35-28(26)32)19-9-5-4-6-10-19/h4-12,17-18,20,24-25H,13-15,32H2,1-3H3/t18-,20+,24-,25+/m1/s1. The number of halogens is 1. The molecule has 182 valence electrons. The molecule has 4 rings (SSSR count). The van der Waals surface area contributed by atoms with E-state index in [0.29, 0.717) is 33.7 Å². The first-order valence-corrected chi connectivity index (χ1v) is 12.5. The van der Waals surface area contributed by atoms with Crippen molar-refractivity contribution in [3.8, 4) is 6.07 Å². The van der Waals surface area contributed by atoms with Crippen LogP contribution in [0.4, 0.5) is 0 Å². The molecule has 2 aromatic rings. The number of carbonyl (C=O) groups excluding carboxylic acids is 1. The summed E-state index contributed by atoms with van der Waals surface area (Å²) in [7, 11) is 0. The van der Waals surface area contributed by atoms with Crippen LogP contribution in [0.15, 0.2) is 71.6 Å². The topological polar surface area (TPSA) is 85.3 Å². The summed E-state index contributed by atoms with van der Waals surface area (Å²) in [6.45, 7) is 6.51. The van der Waals surface area contributed by atoms with E-state index in [2.05, 4.69) is 26.8 Å². The van der Waals surface area contributed by atoms with Crippen LogP contribution in [0.25, 0.3) is 5.76 Å². The number of allylic oxidation sites excluding steroid dienone is 1. The van der Waals surface area contributed by atoms with E-state index in [1.54, 1.807) is 18.2 Å². The largest absolute Gasteiger partial charge is 0.459 e. The number of rotatable bonds is 5. The van der Waals surface area contributed by atoms with Gasteiger partial charge in [0.1, 0.15) is 11.7 Å². The Morgan fingerprint density at radius 2 is 1.83 bits per heavy atom. The Morgan fingerprint density at radius 1 is 1.14 bits per heavy atom. The first-order valence-electron chi connectivity index (χ1n) is 12.1. The smallest absolute Gasteiger partial charge is 0.340 e. The van der Waals surface area contributed by atoms with Gasteiger partial charge in [-0.25, -0.2) is 4.79 Å². The third kappa shape index (κ3) is 5.09. The lowest BCUT2D eigenvalue weighted by atomic mass is 9.75. The SMILES string of the molecule is CC(C)[C@@H]1CC[C@@H](C)C[C@H]1OC(=O)C1=C(N)OC(c2ccccc2)=C(C#N)[C@@H]1c1ccccc1Cl. The summed E-state index contributed by atoms with van der Waals surface area (Å²) in [5, 5.41) is 10.7. The van der Waals surface area contributed by atoms with Crippen molar-refractivity contribution < 1.29 is 14.3 Å². The summed E-state index contributed by atoms with van der Waals surface area (Å²) >= 11 is 6.58. The monoisotopic (exact) mass is 490 g/mol. The molecule has 1 heterocycles. The van der Waals surface area contributed by atoms with Crippen molar-refractivity contribution in [1.82, 2.24) is 0 Å². The number of nitrogens with two attached hydrogens (primary N) is 1. The van der Waals surface area contributed by atoms with Crippen LogP contribution >= 0.6 is 11.6 Å². The van der Waals surface area contributed by atoms with Crippen molar-refractivity contribution in [2.24, 2.45) is 23.5 Å². The molecular formula is C29H31ClN2O3. The maximum absolute atomic E-state index is 13.7. The van der Waals surface area contributed by atoms with Gasteiger partial charge in [0, 0.05) is 10.6 Å². The van der Waals surface area contributed by atoms with Crippen molar-refractivity contribution >= 4 is 23.3 Å². The molecule has 1 aliphatic heterocycles. The highest BCUT2D eigenvalue weighted by molar-refractivity contribution is 6.31. The molecule has 35 heavy (non-hydrogen) atoms. The van der Waals surface area contributed by atoms with Crippen LogP contribution in [0.2, 0.25) is 5.02 Å². The van der Waals surface area contributed by atoms with Gasteiger partial charge in [0.05, 0.1) is 17.6 Å². The maximum Gasteiger partial charge on any atom is 0.340 e. The molecular weight excluding hydrogens is 460 g/mol. The Hall–Kier alpha value is -3.23. The van der Waals surface area contributed by atoms with Gasteiger partial charge in [-0.15, -0.1) is 0 Å². The van der Waals surface area contributed by atoms with Gasteiger partial charge in [-0.2, -0.15) is 5.26 Å². The van der Waals surface area contributed by atoms with Crippen LogP contribution < -0.4 is 5.73 Å². The highest BCUT2D eigenvalue weighted by Crippen LogP contribution is 2.45. The molecule has 0 bridgehead atoms. The second kappa shape index (κ2) is 10.6. The summed E-state index contributed by atoms with van der Waals surface area (Å²) in [5.74, 6) is 0.0103. The molecule has 1 saturated carbocycles. The fourth-order valence-electron chi connectivity index (χ4n) is 5.25. The average Bonchev–Trinajstić information content (AvgIpc) is 2.84. The lowest BCUT2D eigenvalue weighted by Crippen LogP contribution is -2.37. The van der Waals surface area contributed by atoms with Crippen LogP contribution in [-0.2, 0) is 14.3 Å². The van der Waals surface area contributed by atoms with Crippen molar-refractivity contribution in [2.75, 3.05) is 0 Å². The summed E-state index contributed by atoms with van der Waals surface area (Å²) in [5.41, 5.74) is 8.08. The molecule has 2 aliphatic rings. The van der Waals surface area contributed by atoms with Gasteiger partial charge in [0.15, 0.2) is 5.76 Å². The molecule has 0 spiro atoms. The lowest BCUT2D eigenvalue weighted by molar-refractivity contribution is -0.151. The van der Waals surface area contributed by atoms with Crippen molar-refractivity contribution in [1.29, 1.82) is 5.26 Å². The predicted octanol–water partition coefficient (Wildman–Crippen LogP) is 6.56. The van der Waals surface area contributed by atoms with Gasteiger partial charge in [-0.1, -0.05) is 87.3 Å². The van der Waals surface area contributed by atoms with E-state index in [1.165, 1.54) is 0 Å². The third-order valence-corrected chi connectivity index (χ3v) is 7.46. The van der Waals surface area contributed by atoms with Gasteiger partial charge < -0.3 is 15.2 Å². The van der Waals surface area contributed by atoms with Crippen molar-refractivity contribution in [3.63, 3.8) is 0 Å². The van der Waals surface area contributed by atoms with Crippen molar-refractivity contribution in [3.05, 3.63) is 87.8 Å². The fraction of sp³-hybridized carbons (Fsp3) is 0.379. The molecule has 5 nitrogen and oxygen atoms in total. The maximum atomic E-state index is 13.7. The number of esters is 1. The zero-order valence-corrected chi connectivity index (χ0v) is 21.1. The number of hydrogen-bond donors (Lipinski definition) is 1. The number of nitriles is 1. The first-order chi connectivity index (χ1) is 16.8. The Labute approximate surface area is 212 Å². The highest BCUT2D eigenvalue weighted by Gasteiger charge is 2.41. The van der Waals surface area contributed by atoms with E-state index in [9.17, 15) is 10.1 Å². The van der Waals surface area contributed by atoms with Gasteiger partial charge in [0.25, 0.3) is 0 Å². The van der Waals surface area contributed by atoms with E-state index in [-0.39, 0.29) is 29.1 Å². The van der Waals surface area contributed by atoms with Crippen molar-refractivity contribution in [2.45, 2.75) is 52.1 Å². The fourth-order valence-corrected chi connectivity index (χ4v) is 5.49. The summed E-state index contributed by atoms with van der Waals surface area (Å²) in [6, 6.07) is 18.7. The Kier molecular flexibility index (Phi) is 7.52. The van der Waals surface area contributed by atoms with Crippen LogP contribution in [-0.4, -0.2) is 12.1 Å². The summed E-state index contributed by atoms with van der Waals surface area (Å²) < 4.78 is 12.1. The molecule has 4 atom stereocenters. The molecule has 0 unspecified atom stereocenters. The Morgan fingerprint density at radius 3 is 2.49 bits per heavy atom. The number of carbonyl (C=O) groups is 1. The first kappa shape index (κ1) is 24.9. The van der Waals surface area contributed by atoms with Gasteiger partial charge in [0.2, 0.25) is 5.88 Å². The van der Waals surface area contributed by atoms with E-state index < -0.39 is 11.9 Å².